The second kappa shape index (κ2) is 12.9. The van der Waals surface area contributed by atoms with E-state index >= 15 is 0 Å². The first-order valence-corrected chi connectivity index (χ1v) is 11.1. The Morgan fingerprint density at radius 2 is 1.45 bits per heavy atom. The van der Waals surface area contributed by atoms with Crippen LogP contribution in [0.2, 0.25) is 0 Å². The molecule has 0 fully saturated rings. The summed E-state index contributed by atoms with van der Waals surface area (Å²) < 4.78 is 16.1. The first kappa shape index (κ1) is 28.1. The van der Waals surface area contributed by atoms with E-state index in [0.717, 1.165) is 0 Å². The summed E-state index contributed by atoms with van der Waals surface area (Å²) in [5.74, 6) is -3.83. The highest BCUT2D eigenvalue weighted by molar-refractivity contribution is 5.77. The molecule has 0 spiro atoms. The Morgan fingerprint density at radius 1 is 0.909 bits per heavy atom. The van der Waals surface area contributed by atoms with E-state index in [1.807, 2.05) is 13.8 Å². The first-order valence-electron chi connectivity index (χ1n) is 11.1. The lowest BCUT2D eigenvalue weighted by Crippen LogP contribution is -2.42. The lowest BCUT2D eigenvalue weighted by molar-refractivity contribution is -0.152. The maximum Gasteiger partial charge on any atom is 0.321 e. The number of benzene rings is 1. The summed E-state index contributed by atoms with van der Waals surface area (Å²) in [6.07, 6.45) is -0.193. The summed E-state index contributed by atoms with van der Waals surface area (Å²) in [5, 5.41) is 9.62. The van der Waals surface area contributed by atoms with Gasteiger partial charge in [0.15, 0.2) is 11.5 Å². The Balaban J connectivity index is 3.38. The number of carboxylic acid groups (broad SMARTS) is 1. The Kier molecular flexibility index (Phi) is 11.0. The Labute approximate surface area is 194 Å². The number of aliphatic carboxylic acids is 1. The molecule has 0 radical (unpaired) electrons. The number of rotatable bonds is 12. The lowest BCUT2D eigenvalue weighted by atomic mass is 9.79. The van der Waals surface area contributed by atoms with Crippen LogP contribution in [-0.4, -0.2) is 41.1 Å². The van der Waals surface area contributed by atoms with Gasteiger partial charge in [-0.05, 0) is 30.5 Å². The molecule has 1 aromatic rings. The van der Waals surface area contributed by atoms with Gasteiger partial charge in [-0.15, -0.1) is 0 Å². The quantitative estimate of drug-likeness (QED) is 0.350. The van der Waals surface area contributed by atoms with Crippen LogP contribution in [0.1, 0.15) is 72.3 Å². The van der Waals surface area contributed by atoms with Crippen LogP contribution in [0.25, 0.3) is 0 Å². The average molecular weight is 466 g/mol. The van der Waals surface area contributed by atoms with Crippen molar-refractivity contribution in [3.63, 3.8) is 0 Å². The van der Waals surface area contributed by atoms with E-state index in [0.29, 0.717) is 5.56 Å². The van der Waals surface area contributed by atoms with Gasteiger partial charge in [-0.25, -0.2) is 0 Å². The van der Waals surface area contributed by atoms with Gasteiger partial charge >= 0.3 is 23.9 Å². The van der Waals surface area contributed by atoms with Gasteiger partial charge in [0.05, 0.1) is 0 Å². The Bertz CT molecular complexity index is 851. The van der Waals surface area contributed by atoms with E-state index in [1.54, 1.807) is 33.8 Å². The van der Waals surface area contributed by atoms with E-state index in [4.69, 9.17) is 19.9 Å². The standard InChI is InChI=1S/C24H35NO8/c1-7-19(26)32-17-10-9-16(12-18(17)33-20(27)8-2)22(23(25)24(29)30)14(5)15(6)31-21(28)11-13(3)4/h9-10,12-15,22-23H,7-8,11,25H2,1-6H3,(H,29,30)/t14?,15?,22?,23-/m0/s1. The molecule has 0 saturated carbocycles. The summed E-state index contributed by atoms with van der Waals surface area (Å²) in [6.45, 7) is 10.4. The summed E-state index contributed by atoms with van der Waals surface area (Å²) in [4.78, 5) is 47.6. The van der Waals surface area contributed by atoms with Crippen LogP contribution >= 0.6 is 0 Å². The molecule has 3 unspecified atom stereocenters. The zero-order chi connectivity index (χ0) is 25.3. The molecule has 0 saturated heterocycles. The number of hydrogen-bond donors (Lipinski definition) is 2. The van der Waals surface area contributed by atoms with Crippen molar-refractivity contribution in [3.8, 4) is 11.5 Å². The predicted octanol–water partition coefficient (Wildman–Crippen LogP) is 3.43. The summed E-state index contributed by atoms with van der Waals surface area (Å²) in [5.41, 5.74) is 6.47. The summed E-state index contributed by atoms with van der Waals surface area (Å²) in [6, 6.07) is 3.11. The lowest BCUT2D eigenvalue weighted by Gasteiger charge is -2.32. The van der Waals surface area contributed by atoms with E-state index < -0.39 is 41.9 Å². The van der Waals surface area contributed by atoms with Gasteiger partial charge in [-0.1, -0.05) is 40.7 Å². The highest BCUT2D eigenvalue weighted by Gasteiger charge is 2.35. The molecule has 0 amide bonds. The number of carboxylic acids is 1. The molecule has 0 aliphatic carbocycles. The average Bonchev–Trinajstić information content (AvgIpc) is 2.74. The van der Waals surface area contributed by atoms with Crippen LogP contribution in [0.4, 0.5) is 0 Å². The fraction of sp³-hybridized carbons (Fsp3) is 0.583. The second-order valence-corrected chi connectivity index (χ2v) is 8.40. The van der Waals surface area contributed by atoms with Gasteiger partial charge in [0.25, 0.3) is 0 Å². The Morgan fingerprint density at radius 3 is 1.94 bits per heavy atom. The zero-order valence-corrected chi connectivity index (χ0v) is 20.1. The van der Waals surface area contributed by atoms with E-state index in [1.165, 1.54) is 12.1 Å². The molecule has 0 bridgehead atoms. The van der Waals surface area contributed by atoms with Gasteiger partial charge < -0.3 is 25.1 Å². The van der Waals surface area contributed by atoms with Crippen molar-refractivity contribution in [1.82, 2.24) is 0 Å². The van der Waals surface area contributed by atoms with Gasteiger partial charge in [-0.3, -0.25) is 19.2 Å². The highest BCUT2D eigenvalue weighted by atomic mass is 16.6. The third kappa shape index (κ3) is 8.49. The molecule has 0 heterocycles. The fourth-order valence-electron chi connectivity index (χ4n) is 3.27. The van der Waals surface area contributed by atoms with Crippen molar-refractivity contribution in [2.75, 3.05) is 0 Å². The maximum atomic E-state index is 12.1. The molecule has 0 aliphatic heterocycles. The van der Waals surface area contributed by atoms with Crippen LogP contribution in [0.15, 0.2) is 18.2 Å². The Hall–Kier alpha value is -2.94. The van der Waals surface area contributed by atoms with Gasteiger partial charge in [0.1, 0.15) is 12.1 Å². The van der Waals surface area contributed by atoms with Crippen LogP contribution in [0.5, 0.6) is 11.5 Å². The van der Waals surface area contributed by atoms with Crippen molar-refractivity contribution in [1.29, 1.82) is 0 Å². The molecule has 9 heteroatoms. The highest BCUT2D eigenvalue weighted by Crippen LogP contribution is 2.37. The van der Waals surface area contributed by atoms with Crippen molar-refractivity contribution in [3.05, 3.63) is 23.8 Å². The van der Waals surface area contributed by atoms with Gasteiger partial charge in [-0.2, -0.15) is 0 Å². The number of nitrogens with two attached hydrogens (primary N) is 1. The monoisotopic (exact) mass is 465 g/mol. The van der Waals surface area contributed by atoms with E-state index in [2.05, 4.69) is 0 Å². The first-order chi connectivity index (χ1) is 15.4. The molecule has 1 aromatic carbocycles. The second-order valence-electron chi connectivity index (χ2n) is 8.40. The number of carbonyl (C=O) groups excluding carboxylic acids is 3. The molecule has 4 atom stereocenters. The number of carbonyl (C=O) groups is 4. The fourth-order valence-corrected chi connectivity index (χ4v) is 3.27. The number of esters is 3. The van der Waals surface area contributed by atoms with E-state index in [-0.39, 0.29) is 42.6 Å². The molecular weight excluding hydrogens is 430 g/mol. The normalized spacial score (nSPS) is 14.7. The van der Waals surface area contributed by atoms with Crippen molar-refractivity contribution in [2.24, 2.45) is 17.6 Å². The third-order valence-corrected chi connectivity index (χ3v) is 5.25. The van der Waals surface area contributed by atoms with E-state index in [9.17, 15) is 24.3 Å². The smallest absolute Gasteiger partial charge is 0.321 e. The molecule has 184 valence electrons. The summed E-state index contributed by atoms with van der Waals surface area (Å²) in [7, 11) is 0. The van der Waals surface area contributed by atoms with Gasteiger partial charge in [0, 0.05) is 31.1 Å². The number of hydrogen-bond acceptors (Lipinski definition) is 8. The number of ether oxygens (including phenoxy) is 3. The zero-order valence-electron chi connectivity index (χ0n) is 20.1. The molecule has 1 rings (SSSR count). The van der Waals surface area contributed by atoms with Crippen molar-refractivity contribution in [2.45, 2.75) is 78.9 Å². The minimum Gasteiger partial charge on any atom is -0.480 e. The molecule has 3 N–H and O–H groups in total. The predicted molar refractivity (Wildman–Crippen MR) is 121 cm³/mol. The van der Waals surface area contributed by atoms with Crippen molar-refractivity contribution < 1.29 is 38.5 Å². The molecule has 0 aliphatic rings. The molecule has 0 aromatic heterocycles. The topological polar surface area (TPSA) is 142 Å². The van der Waals surface area contributed by atoms with Crippen LogP contribution < -0.4 is 15.2 Å². The largest absolute Gasteiger partial charge is 0.480 e. The van der Waals surface area contributed by atoms with Crippen molar-refractivity contribution >= 4 is 23.9 Å². The van der Waals surface area contributed by atoms with Gasteiger partial charge in [0.2, 0.25) is 0 Å². The minimum atomic E-state index is -1.33. The maximum absolute atomic E-state index is 12.1. The van der Waals surface area contributed by atoms with Crippen LogP contribution in [0.3, 0.4) is 0 Å². The van der Waals surface area contributed by atoms with Crippen LogP contribution in [-0.2, 0) is 23.9 Å². The molecule has 33 heavy (non-hydrogen) atoms. The summed E-state index contributed by atoms with van der Waals surface area (Å²) >= 11 is 0. The molecular formula is C24H35NO8. The van der Waals surface area contributed by atoms with Crippen LogP contribution in [0, 0.1) is 11.8 Å². The molecule has 9 nitrogen and oxygen atoms in total. The SMILES string of the molecule is CCC(=O)Oc1ccc(C(C(C)C(C)OC(=O)CC(C)C)[C@H](N)C(=O)O)cc1OC(=O)CC. The third-order valence-electron chi connectivity index (χ3n) is 5.25. The minimum absolute atomic E-state index is 0.0135.